The molecule has 1 amide bonds. The molecule has 0 saturated carbocycles. The third kappa shape index (κ3) is 4.59. The van der Waals surface area contributed by atoms with Crippen LogP contribution in [-0.4, -0.2) is 52.1 Å². The number of benzene rings is 1. The maximum atomic E-state index is 13.4. The lowest BCUT2D eigenvalue weighted by molar-refractivity contribution is -0.131. The summed E-state index contributed by atoms with van der Waals surface area (Å²) in [4.78, 5) is 25.2. The van der Waals surface area contributed by atoms with E-state index in [1.807, 2.05) is 17.0 Å². The van der Waals surface area contributed by atoms with E-state index in [0.29, 0.717) is 53.8 Å². The number of pyridine rings is 1. The fourth-order valence-corrected chi connectivity index (χ4v) is 3.48. The molecule has 9 heteroatoms. The van der Waals surface area contributed by atoms with Crippen molar-refractivity contribution >= 4 is 23.3 Å². The Labute approximate surface area is 178 Å². The molecule has 0 unspecified atom stereocenters. The van der Waals surface area contributed by atoms with Crippen LogP contribution in [0.3, 0.4) is 0 Å². The van der Waals surface area contributed by atoms with Crippen LogP contribution in [-0.2, 0) is 11.2 Å². The molecule has 30 heavy (non-hydrogen) atoms. The molecule has 0 aliphatic carbocycles. The number of rotatable bonds is 5. The van der Waals surface area contributed by atoms with Crippen LogP contribution in [0, 0.1) is 12.7 Å². The highest BCUT2D eigenvalue weighted by Crippen LogP contribution is 2.20. The molecule has 0 bridgehead atoms. The van der Waals surface area contributed by atoms with E-state index in [0.717, 1.165) is 18.9 Å². The standard InChI is InChI=1S/C21H21ClFN5O2/c1-14-12-15(2-4-17(14)23)21-25-19(30-26-21)6-7-20(29)28-10-8-27(9-11-28)18-5-3-16(22)13-24-18/h2-5,12-13H,6-11H2,1H3. The number of carbonyl (C=O) groups excluding carboxylic acids is 1. The fourth-order valence-electron chi connectivity index (χ4n) is 3.37. The summed E-state index contributed by atoms with van der Waals surface area (Å²) in [5.41, 5.74) is 1.20. The van der Waals surface area contributed by atoms with Crippen molar-refractivity contribution in [2.75, 3.05) is 31.1 Å². The Morgan fingerprint density at radius 1 is 1.20 bits per heavy atom. The van der Waals surface area contributed by atoms with Crippen LogP contribution in [0.25, 0.3) is 11.4 Å². The zero-order chi connectivity index (χ0) is 21.1. The minimum Gasteiger partial charge on any atom is -0.353 e. The van der Waals surface area contributed by atoms with Gasteiger partial charge in [0.1, 0.15) is 11.6 Å². The summed E-state index contributed by atoms with van der Waals surface area (Å²) >= 11 is 5.88. The summed E-state index contributed by atoms with van der Waals surface area (Å²) in [6, 6.07) is 8.35. The summed E-state index contributed by atoms with van der Waals surface area (Å²) in [6.07, 6.45) is 2.29. The van der Waals surface area contributed by atoms with Crippen LogP contribution < -0.4 is 4.90 Å². The number of amides is 1. The van der Waals surface area contributed by atoms with Gasteiger partial charge in [-0.3, -0.25) is 4.79 Å². The zero-order valence-electron chi connectivity index (χ0n) is 16.5. The van der Waals surface area contributed by atoms with E-state index in [2.05, 4.69) is 20.0 Å². The largest absolute Gasteiger partial charge is 0.353 e. The van der Waals surface area contributed by atoms with Crippen LogP contribution in [0.15, 0.2) is 41.1 Å². The van der Waals surface area contributed by atoms with Crippen molar-refractivity contribution in [2.24, 2.45) is 0 Å². The smallest absolute Gasteiger partial charge is 0.227 e. The predicted octanol–water partition coefficient (Wildman–Crippen LogP) is 3.51. The first kappa shape index (κ1) is 20.3. The van der Waals surface area contributed by atoms with Crippen molar-refractivity contribution in [3.8, 4) is 11.4 Å². The van der Waals surface area contributed by atoms with Gasteiger partial charge in [-0.1, -0.05) is 16.8 Å². The molecule has 4 rings (SSSR count). The zero-order valence-corrected chi connectivity index (χ0v) is 17.3. The Morgan fingerprint density at radius 3 is 2.70 bits per heavy atom. The molecule has 0 spiro atoms. The molecular weight excluding hydrogens is 409 g/mol. The number of aromatic nitrogens is 3. The maximum Gasteiger partial charge on any atom is 0.227 e. The SMILES string of the molecule is Cc1cc(-c2noc(CCC(=O)N3CCN(c4ccc(Cl)cn4)CC3)n2)ccc1F. The van der Waals surface area contributed by atoms with Gasteiger partial charge in [-0.2, -0.15) is 4.98 Å². The first-order valence-electron chi connectivity index (χ1n) is 9.73. The summed E-state index contributed by atoms with van der Waals surface area (Å²) < 4.78 is 18.7. The minimum atomic E-state index is -0.278. The Bertz CT molecular complexity index is 1030. The highest BCUT2D eigenvalue weighted by atomic mass is 35.5. The van der Waals surface area contributed by atoms with Gasteiger partial charge in [-0.05, 0) is 42.8 Å². The van der Waals surface area contributed by atoms with Crippen LogP contribution >= 0.6 is 11.6 Å². The van der Waals surface area contributed by atoms with Gasteiger partial charge in [-0.15, -0.1) is 0 Å². The number of aryl methyl sites for hydroxylation is 2. The summed E-state index contributed by atoms with van der Waals surface area (Å²) in [7, 11) is 0. The third-order valence-electron chi connectivity index (χ3n) is 5.11. The first-order chi connectivity index (χ1) is 14.5. The summed E-state index contributed by atoms with van der Waals surface area (Å²) in [5, 5.41) is 4.54. The molecule has 0 radical (unpaired) electrons. The number of piperazine rings is 1. The summed E-state index contributed by atoms with van der Waals surface area (Å²) in [5.74, 6) is 1.42. The number of carbonyl (C=O) groups is 1. The molecule has 0 N–H and O–H groups in total. The predicted molar refractivity (Wildman–Crippen MR) is 111 cm³/mol. The minimum absolute atomic E-state index is 0.0519. The van der Waals surface area contributed by atoms with Crippen molar-refractivity contribution in [3.63, 3.8) is 0 Å². The lowest BCUT2D eigenvalue weighted by Gasteiger charge is -2.35. The van der Waals surface area contributed by atoms with E-state index < -0.39 is 0 Å². The van der Waals surface area contributed by atoms with Gasteiger partial charge in [0.05, 0.1) is 5.02 Å². The first-order valence-corrected chi connectivity index (χ1v) is 10.1. The van der Waals surface area contributed by atoms with E-state index >= 15 is 0 Å². The molecule has 1 aliphatic rings. The third-order valence-corrected chi connectivity index (χ3v) is 5.33. The lowest BCUT2D eigenvalue weighted by atomic mass is 10.1. The van der Waals surface area contributed by atoms with E-state index in [1.165, 1.54) is 6.07 Å². The Hall–Kier alpha value is -3.00. The van der Waals surface area contributed by atoms with Crippen LogP contribution in [0.1, 0.15) is 17.9 Å². The van der Waals surface area contributed by atoms with E-state index in [9.17, 15) is 9.18 Å². The van der Waals surface area contributed by atoms with E-state index in [-0.39, 0.29) is 11.7 Å². The number of halogens is 2. The molecule has 1 saturated heterocycles. The Kier molecular flexibility index (Phi) is 5.94. The van der Waals surface area contributed by atoms with Gasteiger partial charge in [0, 0.05) is 50.8 Å². The lowest BCUT2D eigenvalue weighted by Crippen LogP contribution is -2.49. The molecule has 1 fully saturated rings. The topological polar surface area (TPSA) is 75.4 Å². The van der Waals surface area contributed by atoms with Gasteiger partial charge in [-0.25, -0.2) is 9.37 Å². The molecule has 3 heterocycles. The molecule has 0 atom stereocenters. The second-order valence-corrected chi connectivity index (χ2v) is 7.61. The molecule has 1 aliphatic heterocycles. The quantitative estimate of drug-likeness (QED) is 0.617. The van der Waals surface area contributed by atoms with Crippen molar-refractivity contribution in [3.05, 3.63) is 58.8 Å². The maximum absolute atomic E-state index is 13.4. The molecule has 2 aromatic heterocycles. The average Bonchev–Trinajstić information content (AvgIpc) is 3.24. The van der Waals surface area contributed by atoms with Crippen LogP contribution in [0.4, 0.5) is 10.2 Å². The Morgan fingerprint density at radius 2 is 2.00 bits per heavy atom. The highest BCUT2D eigenvalue weighted by Gasteiger charge is 2.22. The number of anilines is 1. The van der Waals surface area contributed by atoms with Gasteiger partial charge in [0.15, 0.2) is 0 Å². The molecule has 7 nitrogen and oxygen atoms in total. The summed E-state index contributed by atoms with van der Waals surface area (Å²) in [6.45, 7) is 4.38. The second kappa shape index (κ2) is 8.79. The van der Waals surface area contributed by atoms with Crippen molar-refractivity contribution in [1.29, 1.82) is 0 Å². The van der Waals surface area contributed by atoms with Gasteiger partial charge in [0.2, 0.25) is 17.6 Å². The van der Waals surface area contributed by atoms with Crippen LogP contribution in [0.5, 0.6) is 0 Å². The van der Waals surface area contributed by atoms with E-state index in [1.54, 1.807) is 25.3 Å². The van der Waals surface area contributed by atoms with Gasteiger partial charge < -0.3 is 14.3 Å². The molecule has 1 aromatic carbocycles. The van der Waals surface area contributed by atoms with Gasteiger partial charge in [0.25, 0.3) is 0 Å². The Balaban J connectivity index is 1.28. The average molecular weight is 430 g/mol. The van der Waals surface area contributed by atoms with E-state index in [4.69, 9.17) is 16.1 Å². The number of hydrogen-bond acceptors (Lipinski definition) is 6. The van der Waals surface area contributed by atoms with Crippen molar-refractivity contribution in [2.45, 2.75) is 19.8 Å². The normalized spacial score (nSPS) is 14.2. The number of hydrogen-bond donors (Lipinski definition) is 0. The highest BCUT2D eigenvalue weighted by molar-refractivity contribution is 6.30. The van der Waals surface area contributed by atoms with Crippen molar-refractivity contribution in [1.82, 2.24) is 20.0 Å². The van der Waals surface area contributed by atoms with Crippen LogP contribution in [0.2, 0.25) is 5.02 Å². The van der Waals surface area contributed by atoms with Crippen molar-refractivity contribution < 1.29 is 13.7 Å². The number of nitrogens with zero attached hydrogens (tertiary/aromatic N) is 5. The fraction of sp³-hybridized carbons (Fsp3) is 0.333. The molecule has 156 valence electrons. The van der Waals surface area contributed by atoms with Gasteiger partial charge >= 0.3 is 0 Å². The second-order valence-electron chi connectivity index (χ2n) is 7.18. The monoisotopic (exact) mass is 429 g/mol. The molecular formula is C21H21ClFN5O2. The molecule has 3 aromatic rings.